The largest absolute Gasteiger partial charge is 0.347 e. The number of terminal acetylenes is 1. The van der Waals surface area contributed by atoms with Crippen LogP contribution in [0.25, 0.3) is 0 Å². The molecule has 1 aliphatic rings. The molecule has 3 rings (SSSR count). The van der Waals surface area contributed by atoms with Crippen molar-refractivity contribution in [2.75, 3.05) is 10.6 Å². The van der Waals surface area contributed by atoms with Crippen LogP contribution in [0.4, 0.5) is 15.8 Å². The van der Waals surface area contributed by atoms with Gasteiger partial charge in [0.2, 0.25) is 11.8 Å². The standard InChI is InChI=1S/C20H19FN6O3/c1-2-3-8-20(25-26-20)9-7-17(28)24-16-12-14(5-6-15(16)21)23-18(29)13-27-11-4-10-22-19(27)30/h1,4-6,10-12H,3,7-9,13H2,(H,23,29)(H,24,28). The normalized spacial score (nSPS) is 13.3. The molecular formula is C20H19FN6O3. The molecule has 2 aromatic rings. The van der Waals surface area contributed by atoms with Crippen molar-refractivity contribution in [3.63, 3.8) is 0 Å². The van der Waals surface area contributed by atoms with Crippen molar-refractivity contribution < 1.29 is 14.0 Å². The lowest BCUT2D eigenvalue weighted by molar-refractivity contribution is -0.117. The highest BCUT2D eigenvalue weighted by atomic mass is 19.1. The van der Waals surface area contributed by atoms with Gasteiger partial charge >= 0.3 is 5.69 Å². The van der Waals surface area contributed by atoms with Gasteiger partial charge < -0.3 is 10.6 Å². The minimum atomic E-state index is -0.646. The van der Waals surface area contributed by atoms with E-state index in [2.05, 4.69) is 31.8 Å². The second-order valence-electron chi connectivity index (χ2n) is 6.71. The summed E-state index contributed by atoms with van der Waals surface area (Å²) in [6.45, 7) is -0.252. The maximum absolute atomic E-state index is 14.1. The van der Waals surface area contributed by atoms with Crippen molar-refractivity contribution in [2.45, 2.75) is 37.9 Å². The molecule has 0 bridgehead atoms. The average Bonchev–Trinajstić information content (AvgIpc) is 3.49. The summed E-state index contributed by atoms with van der Waals surface area (Å²) in [5.41, 5.74) is -0.957. The van der Waals surface area contributed by atoms with Crippen LogP contribution in [0.1, 0.15) is 25.7 Å². The molecule has 1 aliphatic heterocycles. The Balaban J connectivity index is 1.56. The van der Waals surface area contributed by atoms with Gasteiger partial charge in [0.15, 0.2) is 5.66 Å². The Bertz CT molecular complexity index is 1080. The maximum Gasteiger partial charge on any atom is 0.347 e. The molecule has 0 fully saturated rings. The minimum Gasteiger partial charge on any atom is -0.324 e. The number of nitrogens with zero attached hydrogens (tertiary/aromatic N) is 4. The van der Waals surface area contributed by atoms with Crippen molar-refractivity contribution in [3.05, 3.63) is 53.0 Å². The number of carbonyl (C=O) groups is 2. The molecule has 0 aliphatic carbocycles. The van der Waals surface area contributed by atoms with Gasteiger partial charge in [-0.1, -0.05) is 0 Å². The fourth-order valence-corrected chi connectivity index (χ4v) is 2.76. The number of aromatic nitrogens is 2. The number of anilines is 2. The summed E-state index contributed by atoms with van der Waals surface area (Å²) < 4.78 is 15.2. The molecule has 0 saturated carbocycles. The first-order chi connectivity index (χ1) is 14.4. The predicted molar refractivity (Wildman–Crippen MR) is 107 cm³/mol. The van der Waals surface area contributed by atoms with E-state index in [0.29, 0.717) is 19.3 Å². The maximum atomic E-state index is 14.1. The molecule has 0 atom stereocenters. The summed E-state index contributed by atoms with van der Waals surface area (Å²) in [6, 6.07) is 5.31. The Morgan fingerprint density at radius 1 is 1.20 bits per heavy atom. The molecule has 0 saturated heterocycles. The van der Waals surface area contributed by atoms with E-state index in [-0.39, 0.29) is 24.3 Å². The molecule has 0 unspecified atom stereocenters. The van der Waals surface area contributed by atoms with Crippen LogP contribution >= 0.6 is 0 Å². The van der Waals surface area contributed by atoms with Crippen LogP contribution in [0.2, 0.25) is 0 Å². The molecule has 154 valence electrons. The van der Waals surface area contributed by atoms with E-state index in [4.69, 9.17) is 6.42 Å². The molecular weight excluding hydrogens is 391 g/mol. The summed E-state index contributed by atoms with van der Waals surface area (Å²) in [7, 11) is 0. The van der Waals surface area contributed by atoms with Crippen molar-refractivity contribution in [1.29, 1.82) is 0 Å². The van der Waals surface area contributed by atoms with Crippen molar-refractivity contribution >= 4 is 23.2 Å². The second-order valence-corrected chi connectivity index (χ2v) is 6.71. The van der Waals surface area contributed by atoms with E-state index < -0.39 is 29.0 Å². The van der Waals surface area contributed by atoms with Crippen LogP contribution < -0.4 is 16.3 Å². The van der Waals surface area contributed by atoms with Crippen LogP contribution in [0, 0.1) is 18.2 Å². The van der Waals surface area contributed by atoms with Crippen LogP contribution in [-0.2, 0) is 16.1 Å². The SMILES string of the molecule is C#CCCC1(CCC(=O)Nc2cc(NC(=O)Cn3cccnc3=O)ccc2F)N=N1. The molecule has 1 aromatic heterocycles. The highest BCUT2D eigenvalue weighted by Gasteiger charge is 2.39. The number of hydrogen-bond acceptors (Lipinski definition) is 6. The van der Waals surface area contributed by atoms with Gasteiger partial charge in [-0.25, -0.2) is 14.2 Å². The predicted octanol–water partition coefficient (Wildman–Crippen LogP) is 2.32. The van der Waals surface area contributed by atoms with E-state index in [1.165, 1.54) is 30.6 Å². The molecule has 10 heteroatoms. The summed E-state index contributed by atoms with van der Waals surface area (Å²) in [4.78, 5) is 39.5. The fraction of sp³-hybridized carbons (Fsp3) is 0.300. The third-order valence-corrected chi connectivity index (χ3v) is 4.43. The molecule has 1 aromatic carbocycles. The van der Waals surface area contributed by atoms with Gasteiger partial charge in [-0.3, -0.25) is 14.2 Å². The molecule has 2 amide bonds. The Labute approximate surface area is 171 Å². The molecule has 9 nitrogen and oxygen atoms in total. The number of halogens is 1. The fourth-order valence-electron chi connectivity index (χ4n) is 2.76. The third kappa shape index (κ3) is 5.57. The van der Waals surface area contributed by atoms with Crippen LogP contribution in [0.3, 0.4) is 0 Å². The number of benzene rings is 1. The smallest absolute Gasteiger partial charge is 0.324 e. The van der Waals surface area contributed by atoms with Crippen molar-refractivity contribution in [2.24, 2.45) is 10.2 Å². The van der Waals surface area contributed by atoms with Gasteiger partial charge in [0, 0.05) is 43.8 Å². The summed E-state index contributed by atoms with van der Waals surface area (Å²) >= 11 is 0. The molecule has 0 radical (unpaired) electrons. The van der Waals surface area contributed by atoms with Gasteiger partial charge in [-0.2, -0.15) is 10.2 Å². The van der Waals surface area contributed by atoms with E-state index in [1.54, 1.807) is 0 Å². The number of amides is 2. The first-order valence-corrected chi connectivity index (χ1v) is 9.19. The quantitative estimate of drug-likeness (QED) is 0.617. The minimum absolute atomic E-state index is 0.0707. The van der Waals surface area contributed by atoms with Crippen LogP contribution in [-0.4, -0.2) is 27.0 Å². The van der Waals surface area contributed by atoms with Crippen molar-refractivity contribution in [3.8, 4) is 12.3 Å². The monoisotopic (exact) mass is 410 g/mol. The molecule has 2 N–H and O–H groups in total. The lowest BCUT2D eigenvalue weighted by Crippen LogP contribution is -2.28. The number of hydrogen-bond donors (Lipinski definition) is 2. The Morgan fingerprint density at radius 2 is 2.00 bits per heavy atom. The number of nitrogens with one attached hydrogen (secondary N) is 2. The Morgan fingerprint density at radius 3 is 2.70 bits per heavy atom. The third-order valence-electron chi connectivity index (χ3n) is 4.43. The van der Waals surface area contributed by atoms with E-state index in [9.17, 15) is 18.8 Å². The van der Waals surface area contributed by atoms with Crippen molar-refractivity contribution in [1.82, 2.24) is 9.55 Å². The zero-order valence-electron chi connectivity index (χ0n) is 16.0. The highest BCUT2D eigenvalue weighted by Crippen LogP contribution is 2.37. The lowest BCUT2D eigenvalue weighted by Gasteiger charge is -2.12. The highest BCUT2D eigenvalue weighted by molar-refractivity contribution is 5.94. The molecule has 30 heavy (non-hydrogen) atoms. The average molecular weight is 410 g/mol. The van der Waals surface area contributed by atoms with E-state index in [1.807, 2.05) is 0 Å². The van der Waals surface area contributed by atoms with Crippen LogP contribution in [0.5, 0.6) is 0 Å². The zero-order valence-corrected chi connectivity index (χ0v) is 16.0. The van der Waals surface area contributed by atoms with Gasteiger partial charge in [0.25, 0.3) is 0 Å². The van der Waals surface area contributed by atoms with E-state index >= 15 is 0 Å². The second kappa shape index (κ2) is 9.09. The lowest BCUT2D eigenvalue weighted by atomic mass is 10.0. The Hall–Kier alpha value is -3.87. The van der Waals surface area contributed by atoms with Gasteiger partial charge in [-0.05, 0) is 24.3 Å². The Kier molecular flexibility index (Phi) is 6.32. The summed E-state index contributed by atoms with van der Waals surface area (Å²) in [6.07, 6.45) is 9.56. The van der Waals surface area contributed by atoms with Gasteiger partial charge in [-0.15, -0.1) is 12.3 Å². The molecule has 2 heterocycles. The first-order valence-electron chi connectivity index (χ1n) is 9.19. The van der Waals surface area contributed by atoms with Gasteiger partial charge in [0.05, 0.1) is 5.69 Å². The topological polar surface area (TPSA) is 118 Å². The number of rotatable bonds is 9. The summed E-state index contributed by atoms with van der Waals surface area (Å²) in [5, 5.41) is 12.9. The summed E-state index contributed by atoms with van der Waals surface area (Å²) in [5.74, 6) is 0.962. The number of carbonyl (C=O) groups excluding carboxylic acids is 2. The van der Waals surface area contributed by atoms with Crippen LogP contribution in [0.15, 0.2) is 51.7 Å². The zero-order chi connectivity index (χ0) is 21.6. The first kappa shape index (κ1) is 20.9. The van der Waals surface area contributed by atoms with Gasteiger partial charge in [0.1, 0.15) is 12.4 Å². The molecule has 0 spiro atoms. The van der Waals surface area contributed by atoms with E-state index in [0.717, 1.165) is 10.6 Å².